The number of aromatic nitrogens is 1. The molecule has 0 saturated carbocycles. The Bertz CT molecular complexity index is 582. The van der Waals surface area contributed by atoms with Gasteiger partial charge in [0.2, 0.25) is 0 Å². The van der Waals surface area contributed by atoms with Gasteiger partial charge in [-0.05, 0) is 20.3 Å². The molecule has 0 fully saturated rings. The lowest BCUT2D eigenvalue weighted by Gasteiger charge is -2.23. The second-order valence-electron chi connectivity index (χ2n) is 5.02. The third-order valence-corrected chi connectivity index (χ3v) is 4.21. The molecule has 0 saturated heterocycles. The number of nitro benzene ring substituents is 1. The average Bonchev–Trinajstić information content (AvgIpc) is 2.93. The Morgan fingerprint density at radius 3 is 2.80 bits per heavy atom. The second kappa shape index (κ2) is 6.11. The third kappa shape index (κ3) is 3.40. The van der Waals surface area contributed by atoms with Gasteiger partial charge in [0.25, 0.3) is 5.69 Å². The lowest BCUT2D eigenvalue weighted by molar-refractivity contribution is -0.385. The van der Waals surface area contributed by atoms with Crippen molar-refractivity contribution < 1.29 is 4.92 Å². The fraction of sp³-hybridized carbons (Fsp3) is 0.357. The molecule has 1 aromatic carbocycles. The van der Waals surface area contributed by atoms with Gasteiger partial charge in [-0.1, -0.05) is 18.2 Å². The van der Waals surface area contributed by atoms with E-state index in [0.29, 0.717) is 13.0 Å². The summed E-state index contributed by atoms with van der Waals surface area (Å²) in [7, 11) is 0. The molecule has 106 valence electrons. The van der Waals surface area contributed by atoms with E-state index in [9.17, 15) is 10.1 Å². The van der Waals surface area contributed by atoms with Crippen molar-refractivity contribution in [2.45, 2.75) is 25.8 Å². The van der Waals surface area contributed by atoms with Crippen LogP contribution in [0.25, 0.3) is 0 Å². The number of rotatable bonds is 6. The van der Waals surface area contributed by atoms with Crippen LogP contribution in [0.4, 0.5) is 5.69 Å². The maximum atomic E-state index is 10.9. The number of nitro groups is 1. The Labute approximate surface area is 121 Å². The Hall–Kier alpha value is -1.79. The van der Waals surface area contributed by atoms with Gasteiger partial charge in [-0.15, -0.1) is 11.3 Å². The van der Waals surface area contributed by atoms with E-state index in [1.54, 1.807) is 35.7 Å². The van der Waals surface area contributed by atoms with E-state index >= 15 is 0 Å². The van der Waals surface area contributed by atoms with Gasteiger partial charge in [-0.2, -0.15) is 0 Å². The minimum atomic E-state index is -0.332. The van der Waals surface area contributed by atoms with Gasteiger partial charge in [0, 0.05) is 29.8 Å². The zero-order valence-electron chi connectivity index (χ0n) is 11.5. The molecule has 2 rings (SSSR count). The minimum Gasteiger partial charge on any atom is -0.306 e. The summed E-state index contributed by atoms with van der Waals surface area (Å²) in [6, 6.07) is 6.86. The number of hydrogen-bond acceptors (Lipinski definition) is 5. The van der Waals surface area contributed by atoms with Crippen molar-refractivity contribution in [1.29, 1.82) is 0 Å². The number of hydrogen-bond donors (Lipinski definition) is 1. The van der Waals surface area contributed by atoms with Crippen molar-refractivity contribution >= 4 is 17.0 Å². The van der Waals surface area contributed by atoms with Crippen LogP contribution < -0.4 is 5.32 Å². The predicted octanol–water partition coefficient (Wildman–Crippen LogP) is 3.12. The number of nitrogens with one attached hydrogen (secondary N) is 1. The lowest BCUT2D eigenvalue weighted by atomic mass is 10.1. The highest BCUT2D eigenvalue weighted by molar-refractivity contribution is 7.09. The van der Waals surface area contributed by atoms with Gasteiger partial charge in [0.1, 0.15) is 5.01 Å². The van der Waals surface area contributed by atoms with E-state index in [-0.39, 0.29) is 16.1 Å². The fourth-order valence-corrected chi connectivity index (χ4v) is 2.76. The van der Waals surface area contributed by atoms with Crippen molar-refractivity contribution in [3.8, 4) is 0 Å². The Balaban J connectivity index is 1.98. The van der Waals surface area contributed by atoms with Crippen LogP contribution in [0.3, 0.4) is 0 Å². The predicted molar refractivity (Wildman–Crippen MR) is 79.9 cm³/mol. The molecule has 0 aliphatic rings. The molecule has 0 amide bonds. The summed E-state index contributed by atoms with van der Waals surface area (Å²) >= 11 is 1.60. The average molecular weight is 291 g/mol. The van der Waals surface area contributed by atoms with Gasteiger partial charge in [0.05, 0.1) is 10.5 Å². The van der Waals surface area contributed by atoms with Crippen molar-refractivity contribution in [2.75, 3.05) is 6.54 Å². The van der Waals surface area contributed by atoms with Gasteiger partial charge >= 0.3 is 0 Å². The number of para-hydroxylation sites is 1. The van der Waals surface area contributed by atoms with Gasteiger partial charge in [-0.25, -0.2) is 4.98 Å². The topological polar surface area (TPSA) is 68.1 Å². The van der Waals surface area contributed by atoms with Crippen molar-refractivity contribution in [3.63, 3.8) is 0 Å². The summed E-state index contributed by atoms with van der Waals surface area (Å²) in [4.78, 5) is 14.9. The maximum Gasteiger partial charge on any atom is 0.272 e. The Morgan fingerprint density at radius 1 is 1.40 bits per heavy atom. The van der Waals surface area contributed by atoms with E-state index < -0.39 is 0 Å². The molecule has 0 spiro atoms. The zero-order chi connectivity index (χ0) is 14.6. The van der Waals surface area contributed by atoms with E-state index in [1.165, 1.54) is 0 Å². The number of nitrogens with zero attached hydrogens (tertiary/aromatic N) is 2. The highest BCUT2D eigenvalue weighted by Crippen LogP contribution is 2.22. The molecule has 5 nitrogen and oxygen atoms in total. The summed E-state index contributed by atoms with van der Waals surface area (Å²) in [5.41, 5.74) is 0.707. The number of thiazole rings is 1. The largest absolute Gasteiger partial charge is 0.306 e. The van der Waals surface area contributed by atoms with Crippen LogP contribution in [-0.4, -0.2) is 16.5 Å². The third-order valence-electron chi connectivity index (χ3n) is 3.12. The smallest absolute Gasteiger partial charge is 0.272 e. The van der Waals surface area contributed by atoms with E-state index in [0.717, 1.165) is 10.6 Å². The van der Waals surface area contributed by atoms with Crippen LogP contribution in [0, 0.1) is 10.1 Å². The Kier molecular flexibility index (Phi) is 4.46. The molecule has 0 atom stereocenters. The lowest BCUT2D eigenvalue weighted by Crippen LogP contribution is -2.37. The Morgan fingerprint density at radius 2 is 2.15 bits per heavy atom. The molecule has 1 aromatic heterocycles. The summed E-state index contributed by atoms with van der Waals surface area (Å²) in [6.07, 6.45) is 2.40. The summed E-state index contributed by atoms with van der Waals surface area (Å²) in [5, 5.41) is 17.3. The van der Waals surface area contributed by atoms with Gasteiger partial charge < -0.3 is 5.32 Å². The highest BCUT2D eigenvalue weighted by Gasteiger charge is 2.22. The SMILES string of the molecule is CC(C)(NCCc1ccccc1[N+](=O)[O-])c1nccs1. The van der Waals surface area contributed by atoms with E-state index in [2.05, 4.69) is 24.1 Å². The van der Waals surface area contributed by atoms with Gasteiger partial charge in [-0.3, -0.25) is 10.1 Å². The van der Waals surface area contributed by atoms with Crippen molar-refractivity contribution in [2.24, 2.45) is 0 Å². The van der Waals surface area contributed by atoms with E-state index in [4.69, 9.17) is 0 Å². The normalized spacial score (nSPS) is 11.5. The molecule has 1 heterocycles. The first-order chi connectivity index (χ1) is 9.50. The molecule has 6 heteroatoms. The molecular weight excluding hydrogens is 274 g/mol. The van der Waals surface area contributed by atoms with Crippen LogP contribution in [0.2, 0.25) is 0 Å². The molecular formula is C14H17N3O2S. The van der Waals surface area contributed by atoms with Crippen LogP contribution in [0.5, 0.6) is 0 Å². The molecule has 20 heavy (non-hydrogen) atoms. The molecule has 0 aliphatic heterocycles. The molecule has 2 aromatic rings. The van der Waals surface area contributed by atoms with Gasteiger partial charge in [0.15, 0.2) is 0 Å². The molecule has 0 aliphatic carbocycles. The van der Waals surface area contributed by atoms with Crippen molar-refractivity contribution in [1.82, 2.24) is 10.3 Å². The first-order valence-electron chi connectivity index (χ1n) is 6.38. The summed E-state index contributed by atoms with van der Waals surface area (Å²) < 4.78 is 0. The molecule has 0 bridgehead atoms. The standard InChI is InChI=1S/C14H17N3O2S/c1-14(2,13-15-9-10-20-13)16-8-7-11-5-3-4-6-12(11)17(18)19/h3-6,9-10,16H,7-8H2,1-2H3. The summed E-state index contributed by atoms with van der Waals surface area (Å²) in [6.45, 7) is 4.79. The van der Waals surface area contributed by atoms with Crippen LogP contribution >= 0.6 is 11.3 Å². The first-order valence-corrected chi connectivity index (χ1v) is 7.26. The summed E-state index contributed by atoms with van der Waals surface area (Å²) in [5.74, 6) is 0. The molecule has 0 radical (unpaired) electrons. The monoisotopic (exact) mass is 291 g/mol. The molecule has 0 unspecified atom stereocenters. The quantitative estimate of drug-likeness (QED) is 0.656. The maximum absolute atomic E-state index is 10.9. The fourth-order valence-electron chi connectivity index (χ4n) is 2.02. The number of benzene rings is 1. The van der Waals surface area contributed by atoms with Crippen LogP contribution in [0.1, 0.15) is 24.4 Å². The van der Waals surface area contributed by atoms with Crippen LogP contribution in [-0.2, 0) is 12.0 Å². The van der Waals surface area contributed by atoms with Crippen LogP contribution in [0.15, 0.2) is 35.8 Å². The molecule has 1 N–H and O–H groups in total. The van der Waals surface area contributed by atoms with Crippen molar-refractivity contribution in [3.05, 3.63) is 56.5 Å². The first kappa shape index (κ1) is 14.6. The second-order valence-corrected chi connectivity index (χ2v) is 5.92. The highest BCUT2D eigenvalue weighted by atomic mass is 32.1. The zero-order valence-corrected chi connectivity index (χ0v) is 12.3. The van der Waals surface area contributed by atoms with E-state index in [1.807, 2.05) is 11.4 Å². The minimum absolute atomic E-state index is 0.182.